The van der Waals surface area contributed by atoms with E-state index in [-0.39, 0.29) is 17.0 Å². The molecule has 2 N–H and O–H groups in total. The molecule has 0 aromatic heterocycles. The lowest BCUT2D eigenvalue weighted by atomic mass is 9.86. The van der Waals surface area contributed by atoms with Gasteiger partial charge in [-0.2, -0.15) is 0 Å². The Bertz CT molecular complexity index is 565. The first-order valence-electron chi connectivity index (χ1n) is 10.1. The minimum absolute atomic E-state index is 0.0391. The Kier molecular flexibility index (Phi) is 10.7. The molecular formula is C22H34O4. The minimum atomic E-state index is -1.18. The number of carboxylic acids is 2. The fourth-order valence-electron chi connectivity index (χ4n) is 3.61. The van der Waals surface area contributed by atoms with Crippen LogP contribution in [0.4, 0.5) is 0 Å². The second-order valence-electron chi connectivity index (χ2n) is 7.10. The zero-order valence-electron chi connectivity index (χ0n) is 16.3. The van der Waals surface area contributed by atoms with Crippen molar-refractivity contribution in [1.82, 2.24) is 0 Å². The molecule has 0 amide bonds. The molecule has 1 aromatic rings. The fraction of sp³-hybridized carbons (Fsp3) is 0.636. The summed E-state index contributed by atoms with van der Waals surface area (Å²) in [4.78, 5) is 23.0. The molecule has 0 aliphatic rings. The number of unbranched alkanes of at least 4 members (excludes halogenated alkanes) is 8. The lowest BCUT2D eigenvalue weighted by molar-refractivity contribution is 0.0650. The van der Waals surface area contributed by atoms with Gasteiger partial charge in [0.15, 0.2) is 0 Å². The van der Waals surface area contributed by atoms with E-state index in [0.29, 0.717) is 5.56 Å². The van der Waals surface area contributed by atoms with Crippen molar-refractivity contribution in [1.29, 1.82) is 0 Å². The molecule has 1 atom stereocenters. The number of hydrogen-bond donors (Lipinski definition) is 2. The van der Waals surface area contributed by atoms with Crippen LogP contribution in [0, 0.1) is 0 Å². The molecular weight excluding hydrogens is 328 g/mol. The molecule has 1 aromatic carbocycles. The zero-order chi connectivity index (χ0) is 19.4. The van der Waals surface area contributed by atoms with E-state index in [9.17, 15) is 19.8 Å². The van der Waals surface area contributed by atoms with E-state index in [2.05, 4.69) is 6.92 Å². The number of carbonyl (C=O) groups is 2. The van der Waals surface area contributed by atoms with E-state index in [1.165, 1.54) is 51.0 Å². The molecule has 0 aliphatic heterocycles. The average molecular weight is 363 g/mol. The number of carboxylic acid groups (broad SMARTS) is 2. The van der Waals surface area contributed by atoms with Crippen LogP contribution in [0.15, 0.2) is 18.2 Å². The van der Waals surface area contributed by atoms with Crippen LogP contribution in [0.3, 0.4) is 0 Å². The minimum Gasteiger partial charge on any atom is -0.478 e. The predicted octanol–water partition coefficient (Wildman–Crippen LogP) is 6.50. The Balaban J connectivity index is 2.55. The van der Waals surface area contributed by atoms with Gasteiger partial charge in [-0.05, 0) is 30.4 Å². The molecule has 1 unspecified atom stereocenters. The molecule has 0 heterocycles. The highest BCUT2D eigenvalue weighted by atomic mass is 16.4. The van der Waals surface area contributed by atoms with E-state index in [1.807, 2.05) is 6.92 Å². The molecule has 0 spiro atoms. The third kappa shape index (κ3) is 7.19. The molecule has 0 radical (unpaired) electrons. The lowest BCUT2D eigenvalue weighted by Crippen LogP contribution is -2.14. The number of aromatic carboxylic acids is 2. The van der Waals surface area contributed by atoms with Crippen molar-refractivity contribution in [3.63, 3.8) is 0 Å². The summed E-state index contributed by atoms with van der Waals surface area (Å²) in [5.74, 6) is -2.23. The summed E-state index contributed by atoms with van der Waals surface area (Å²) >= 11 is 0. The zero-order valence-corrected chi connectivity index (χ0v) is 16.3. The van der Waals surface area contributed by atoms with E-state index in [0.717, 1.165) is 25.7 Å². The third-order valence-corrected chi connectivity index (χ3v) is 5.13. The first-order valence-corrected chi connectivity index (χ1v) is 10.1. The third-order valence-electron chi connectivity index (χ3n) is 5.13. The van der Waals surface area contributed by atoms with Crippen LogP contribution < -0.4 is 0 Å². The number of hydrogen-bond acceptors (Lipinski definition) is 2. The standard InChI is InChI=1S/C22H34O4/c1-3-5-6-7-8-9-10-11-12-14-17(4-2)18-15-13-16-19(21(23)24)20(18)22(25)26/h13,15-17H,3-12,14H2,1-2H3,(H,23,24)(H,25,26). The van der Waals surface area contributed by atoms with Crippen molar-refractivity contribution in [2.45, 2.75) is 90.4 Å². The van der Waals surface area contributed by atoms with Crippen molar-refractivity contribution < 1.29 is 19.8 Å². The van der Waals surface area contributed by atoms with Crippen LogP contribution in [0.1, 0.15) is 117 Å². The molecule has 0 fully saturated rings. The molecule has 0 bridgehead atoms. The van der Waals surface area contributed by atoms with Gasteiger partial charge >= 0.3 is 11.9 Å². The van der Waals surface area contributed by atoms with Gasteiger partial charge in [-0.3, -0.25) is 0 Å². The second-order valence-corrected chi connectivity index (χ2v) is 7.10. The van der Waals surface area contributed by atoms with Gasteiger partial charge in [0.05, 0.1) is 11.1 Å². The summed E-state index contributed by atoms with van der Waals surface area (Å²) in [5, 5.41) is 18.8. The molecule has 4 heteroatoms. The summed E-state index contributed by atoms with van der Waals surface area (Å²) in [6.45, 7) is 4.27. The topological polar surface area (TPSA) is 74.6 Å². The van der Waals surface area contributed by atoms with Gasteiger partial charge in [-0.1, -0.05) is 83.8 Å². The quantitative estimate of drug-likeness (QED) is 0.370. The highest BCUT2D eigenvalue weighted by molar-refractivity contribution is 6.02. The van der Waals surface area contributed by atoms with Gasteiger partial charge < -0.3 is 10.2 Å². The second kappa shape index (κ2) is 12.5. The van der Waals surface area contributed by atoms with Crippen LogP contribution in [0.5, 0.6) is 0 Å². The van der Waals surface area contributed by atoms with Crippen molar-refractivity contribution in [2.75, 3.05) is 0 Å². The van der Waals surface area contributed by atoms with E-state index >= 15 is 0 Å². The lowest BCUT2D eigenvalue weighted by Gasteiger charge is -2.19. The van der Waals surface area contributed by atoms with Crippen LogP contribution in [0.2, 0.25) is 0 Å². The maximum absolute atomic E-state index is 11.6. The monoisotopic (exact) mass is 362 g/mol. The van der Waals surface area contributed by atoms with Crippen molar-refractivity contribution in [2.24, 2.45) is 0 Å². The molecule has 0 aliphatic carbocycles. The molecule has 26 heavy (non-hydrogen) atoms. The fourth-order valence-corrected chi connectivity index (χ4v) is 3.61. The Morgan fingerprint density at radius 3 is 1.92 bits per heavy atom. The Labute approximate surface area is 157 Å². The van der Waals surface area contributed by atoms with Gasteiger partial charge in [0.2, 0.25) is 0 Å². The molecule has 146 valence electrons. The highest BCUT2D eigenvalue weighted by Gasteiger charge is 2.23. The Hall–Kier alpha value is -1.84. The van der Waals surface area contributed by atoms with Gasteiger partial charge in [0.1, 0.15) is 0 Å². The van der Waals surface area contributed by atoms with Crippen molar-refractivity contribution >= 4 is 11.9 Å². The van der Waals surface area contributed by atoms with Crippen LogP contribution in [-0.2, 0) is 0 Å². The normalized spacial score (nSPS) is 12.1. The van der Waals surface area contributed by atoms with Gasteiger partial charge in [0.25, 0.3) is 0 Å². The highest BCUT2D eigenvalue weighted by Crippen LogP contribution is 2.30. The Morgan fingerprint density at radius 1 is 0.846 bits per heavy atom. The van der Waals surface area contributed by atoms with E-state index < -0.39 is 11.9 Å². The molecule has 4 nitrogen and oxygen atoms in total. The molecule has 1 rings (SSSR count). The predicted molar refractivity (Wildman–Crippen MR) is 105 cm³/mol. The SMILES string of the molecule is CCCCCCCCCCCC(CC)c1cccc(C(=O)O)c1C(=O)O. The Morgan fingerprint density at radius 2 is 1.42 bits per heavy atom. The number of rotatable bonds is 14. The van der Waals surface area contributed by atoms with Crippen LogP contribution in [-0.4, -0.2) is 22.2 Å². The summed E-state index contributed by atoms with van der Waals surface area (Å²) in [6.07, 6.45) is 13.0. The first-order chi connectivity index (χ1) is 12.5. The average Bonchev–Trinajstić information content (AvgIpc) is 2.62. The van der Waals surface area contributed by atoms with Crippen LogP contribution in [0.25, 0.3) is 0 Å². The first kappa shape index (κ1) is 22.2. The number of benzene rings is 1. The van der Waals surface area contributed by atoms with Crippen LogP contribution >= 0.6 is 0 Å². The molecule has 0 saturated heterocycles. The van der Waals surface area contributed by atoms with Gasteiger partial charge in [-0.15, -0.1) is 0 Å². The maximum atomic E-state index is 11.6. The largest absolute Gasteiger partial charge is 0.478 e. The van der Waals surface area contributed by atoms with Gasteiger partial charge in [-0.25, -0.2) is 9.59 Å². The van der Waals surface area contributed by atoms with Crippen molar-refractivity contribution in [3.8, 4) is 0 Å². The smallest absolute Gasteiger partial charge is 0.336 e. The van der Waals surface area contributed by atoms with Gasteiger partial charge in [0, 0.05) is 0 Å². The molecule has 0 saturated carbocycles. The van der Waals surface area contributed by atoms with E-state index in [1.54, 1.807) is 12.1 Å². The summed E-state index contributed by atoms with van der Waals surface area (Å²) < 4.78 is 0. The maximum Gasteiger partial charge on any atom is 0.336 e. The summed E-state index contributed by atoms with van der Waals surface area (Å²) in [5.41, 5.74) is 0.516. The summed E-state index contributed by atoms with van der Waals surface area (Å²) in [6, 6.07) is 4.81. The van der Waals surface area contributed by atoms with E-state index in [4.69, 9.17) is 0 Å². The van der Waals surface area contributed by atoms with Crippen molar-refractivity contribution in [3.05, 3.63) is 34.9 Å². The summed E-state index contributed by atoms with van der Waals surface area (Å²) in [7, 11) is 0.